The topological polar surface area (TPSA) is 174 Å². The predicted octanol–water partition coefficient (Wildman–Crippen LogP) is -0.482. The summed E-state index contributed by atoms with van der Waals surface area (Å²) in [4.78, 5) is 61.7. The summed E-state index contributed by atoms with van der Waals surface area (Å²) in [6.07, 6.45) is -4.79. The number of anilines is 1. The lowest BCUT2D eigenvalue weighted by Crippen LogP contribution is -2.70. The number of hydrogen-bond acceptors (Lipinski definition) is 11. The van der Waals surface area contributed by atoms with Crippen molar-refractivity contribution in [1.29, 1.82) is 0 Å². The largest absolute Gasteiger partial charge is 0.463 e. The number of esters is 3. The maximum absolute atomic E-state index is 12.5. The maximum atomic E-state index is 12.5. The third kappa shape index (κ3) is 9.68. The van der Waals surface area contributed by atoms with Crippen LogP contribution in [0.25, 0.3) is 0 Å². The molecule has 214 valence electrons. The van der Waals surface area contributed by atoms with Gasteiger partial charge in [0.05, 0.1) is 0 Å². The van der Waals surface area contributed by atoms with E-state index in [-0.39, 0.29) is 11.7 Å². The number of nitrogens with one attached hydrogen (secondary N) is 4. The molecule has 15 heteroatoms. The van der Waals surface area contributed by atoms with E-state index in [2.05, 4.69) is 21.5 Å². The highest BCUT2D eigenvalue weighted by molar-refractivity contribution is 7.80. The van der Waals surface area contributed by atoms with Gasteiger partial charge in [-0.05, 0) is 36.5 Å². The average molecular weight is 568 g/mol. The SMILES string of the molecule is CC(=O)N[C@@H]1[C@@H](OC(C)=O)[C@H](OC(C)=O)[C@@H](COC(C)=O)O[C@H]1NC(=S)NNC(=O)c1ccc(N(C)C)cc1. The van der Waals surface area contributed by atoms with Crippen LogP contribution in [0.3, 0.4) is 0 Å². The van der Waals surface area contributed by atoms with Crippen LogP contribution in [0.5, 0.6) is 0 Å². The monoisotopic (exact) mass is 567 g/mol. The summed E-state index contributed by atoms with van der Waals surface area (Å²) in [5.41, 5.74) is 6.26. The van der Waals surface area contributed by atoms with Gasteiger partial charge in [0.25, 0.3) is 5.91 Å². The zero-order valence-electron chi connectivity index (χ0n) is 22.4. The fourth-order valence-corrected chi connectivity index (χ4v) is 3.88. The molecule has 1 aromatic rings. The molecule has 0 unspecified atom stereocenters. The van der Waals surface area contributed by atoms with Gasteiger partial charge in [0.15, 0.2) is 23.5 Å². The smallest absolute Gasteiger partial charge is 0.303 e. The zero-order chi connectivity index (χ0) is 29.3. The molecule has 0 aliphatic carbocycles. The first-order valence-corrected chi connectivity index (χ1v) is 12.2. The van der Waals surface area contributed by atoms with Gasteiger partial charge in [0, 0.05) is 53.0 Å². The van der Waals surface area contributed by atoms with Gasteiger partial charge in [0.2, 0.25) is 5.91 Å². The van der Waals surface area contributed by atoms with Gasteiger partial charge in [0.1, 0.15) is 18.8 Å². The van der Waals surface area contributed by atoms with E-state index in [1.807, 2.05) is 19.0 Å². The standard InChI is InChI=1S/C24H33N5O9S/c1-12(30)25-19-21(37-15(4)33)20(36-14(3)32)18(11-35-13(2)31)38-23(19)26-24(39)28-27-22(34)16-7-9-17(10-8-16)29(5)6/h7-10,18-21,23H,11H2,1-6H3,(H,25,30)(H,27,34)(H2,26,28,39)/t18-,19-,20-,21-,23-/m1/s1. The number of carbonyl (C=O) groups excluding carboxylic acids is 5. The number of carbonyl (C=O) groups is 5. The van der Waals surface area contributed by atoms with Gasteiger partial charge in [-0.2, -0.15) is 0 Å². The van der Waals surface area contributed by atoms with Crippen molar-refractivity contribution in [2.45, 2.75) is 58.3 Å². The molecular weight excluding hydrogens is 534 g/mol. The molecule has 0 saturated carbocycles. The molecule has 1 saturated heterocycles. The summed E-state index contributed by atoms with van der Waals surface area (Å²) in [5, 5.41) is 5.28. The first-order valence-electron chi connectivity index (χ1n) is 11.8. The third-order valence-electron chi connectivity index (χ3n) is 5.33. The molecular formula is C24H33N5O9S. The number of nitrogens with zero attached hydrogens (tertiary/aromatic N) is 1. The minimum absolute atomic E-state index is 0.118. The van der Waals surface area contributed by atoms with Gasteiger partial charge in [-0.3, -0.25) is 34.8 Å². The lowest BCUT2D eigenvalue weighted by atomic mass is 9.95. The molecule has 14 nitrogen and oxygen atoms in total. The molecule has 1 heterocycles. The first-order chi connectivity index (χ1) is 18.3. The second-order valence-corrected chi connectivity index (χ2v) is 9.17. The Hall–Kier alpha value is -3.98. The summed E-state index contributed by atoms with van der Waals surface area (Å²) in [6, 6.07) is 5.71. The van der Waals surface area contributed by atoms with Crippen molar-refractivity contribution in [3.05, 3.63) is 29.8 Å². The molecule has 39 heavy (non-hydrogen) atoms. The molecule has 1 aliphatic rings. The number of benzene rings is 1. The summed E-state index contributed by atoms with van der Waals surface area (Å²) in [5.74, 6) is -3.07. The van der Waals surface area contributed by atoms with Crippen LogP contribution in [0.1, 0.15) is 38.1 Å². The van der Waals surface area contributed by atoms with E-state index >= 15 is 0 Å². The summed E-state index contributed by atoms with van der Waals surface area (Å²) < 4.78 is 21.8. The number of amides is 2. The Morgan fingerprint density at radius 2 is 1.46 bits per heavy atom. The number of hydrogen-bond donors (Lipinski definition) is 4. The number of thiocarbonyl (C=S) groups is 1. The van der Waals surface area contributed by atoms with Crippen LogP contribution in [0.2, 0.25) is 0 Å². The normalized spacial score (nSPS) is 21.9. The van der Waals surface area contributed by atoms with Crippen molar-refractivity contribution in [2.24, 2.45) is 0 Å². The minimum atomic E-state index is -1.25. The van der Waals surface area contributed by atoms with Crippen LogP contribution in [-0.4, -0.2) is 86.1 Å². The van der Waals surface area contributed by atoms with Crippen molar-refractivity contribution in [3.63, 3.8) is 0 Å². The molecule has 0 aromatic heterocycles. The number of ether oxygens (including phenoxy) is 4. The van der Waals surface area contributed by atoms with Crippen molar-refractivity contribution >= 4 is 52.7 Å². The quantitative estimate of drug-likeness (QED) is 0.137. The number of hydrazine groups is 1. The van der Waals surface area contributed by atoms with Crippen molar-refractivity contribution in [2.75, 3.05) is 25.6 Å². The van der Waals surface area contributed by atoms with Crippen LogP contribution < -0.4 is 26.4 Å². The fourth-order valence-electron chi connectivity index (χ4n) is 3.72. The Balaban J connectivity index is 2.23. The van der Waals surface area contributed by atoms with Crippen LogP contribution in [-0.2, 0) is 38.1 Å². The van der Waals surface area contributed by atoms with E-state index in [4.69, 9.17) is 31.2 Å². The van der Waals surface area contributed by atoms with E-state index < -0.39 is 60.3 Å². The van der Waals surface area contributed by atoms with E-state index in [0.29, 0.717) is 5.56 Å². The highest BCUT2D eigenvalue weighted by atomic mass is 32.1. The summed E-state index contributed by atoms with van der Waals surface area (Å²) in [7, 11) is 3.75. The highest BCUT2D eigenvalue weighted by Gasteiger charge is 2.51. The zero-order valence-corrected chi connectivity index (χ0v) is 23.2. The molecule has 4 N–H and O–H groups in total. The predicted molar refractivity (Wildman–Crippen MR) is 141 cm³/mol. The minimum Gasteiger partial charge on any atom is -0.463 e. The average Bonchev–Trinajstić information content (AvgIpc) is 2.84. The molecule has 1 aromatic carbocycles. The first kappa shape index (κ1) is 31.2. The van der Waals surface area contributed by atoms with E-state index in [0.717, 1.165) is 19.5 Å². The van der Waals surface area contributed by atoms with Gasteiger partial charge in [-0.25, -0.2) is 0 Å². The Kier molecular flexibility index (Phi) is 11.4. The van der Waals surface area contributed by atoms with Crippen LogP contribution in [0, 0.1) is 0 Å². The van der Waals surface area contributed by atoms with Crippen molar-refractivity contribution in [3.8, 4) is 0 Å². The third-order valence-corrected chi connectivity index (χ3v) is 5.55. The number of rotatable bonds is 8. The molecule has 1 fully saturated rings. The van der Waals surface area contributed by atoms with E-state index in [1.165, 1.54) is 13.8 Å². The fraction of sp³-hybridized carbons (Fsp3) is 0.500. The Morgan fingerprint density at radius 1 is 0.872 bits per heavy atom. The van der Waals surface area contributed by atoms with Crippen LogP contribution in [0.4, 0.5) is 5.69 Å². The highest BCUT2D eigenvalue weighted by Crippen LogP contribution is 2.26. The second kappa shape index (κ2) is 14.2. The second-order valence-electron chi connectivity index (χ2n) is 8.77. The lowest BCUT2D eigenvalue weighted by Gasteiger charge is -2.45. The lowest BCUT2D eigenvalue weighted by molar-refractivity contribution is -0.225. The van der Waals surface area contributed by atoms with Gasteiger partial charge in [-0.15, -0.1) is 0 Å². The van der Waals surface area contributed by atoms with Crippen LogP contribution in [0.15, 0.2) is 24.3 Å². The molecule has 0 spiro atoms. The van der Waals surface area contributed by atoms with E-state index in [1.54, 1.807) is 24.3 Å². The maximum Gasteiger partial charge on any atom is 0.303 e. The molecule has 1 aliphatic heterocycles. The molecule has 5 atom stereocenters. The molecule has 2 rings (SSSR count). The van der Waals surface area contributed by atoms with Gasteiger partial charge < -0.3 is 34.5 Å². The molecule has 0 radical (unpaired) electrons. The molecule has 0 bridgehead atoms. The van der Waals surface area contributed by atoms with E-state index in [9.17, 15) is 24.0 Å². The summed E-state index contributed by atoms with van der Waals surface area (Å²) in [6.45, 7) is 4.32. The Labute approximate surface area is 231 Å². The van der Waals surface area contributed by atoms with Gasteiger partial charge >= 0.3 is 17.9 Å². The Bertz CT molecular complexity index is 1080. The Morgan fingerprint density at radius 3 is 1.97 bits per heavy atom. The van der Waals surface area contributed by atoms with Crippen molar-refractivity contribution < 1.29 is 42.9 Å². The summed E-state index contributed by atoms with van der Waals surface area (Å²) >= 11 is 5.28. The van der Waals surface area contributed by atoms with Crippen molar-refractivity contribution in [1.82, 2.24) is 21.5 Å². The van der Waals surface area contributed by atoms with Crippen LogP contribution >= 0.6 is 12.2 Å². The van der Waals surface area contributed by atoms with Gasteiger partial charge in [-0.1, -0.05) is 0 Å². The molecule has 2 amide bonds.